The van der Waals surface area contributed by atoms with Crippen LogP contribution in [0.5, 0.6) is 5.75 Å². The summed E-state index contributed by atoms with van der Waals surface area (Å²) in [4.78, 5) is 0.102. The molecule has 0 aromatic heterocycles. The van der Waals surface area contributed by atoms with Gasteiger partial charge in [0.1, 0.15) is 10.6 Å². The summed E-state index contributed by atoms with van der Waals surface area (Å²) >= 11 is 5.95. The first-order valence-corrected chi connectivity index (χ1v) is 8.80. The Morgan fingerprint density at radius 1 is 1.43 bits per heavy atom. The molecule has 1 aliphatic rings. The lowest BCUT2D eigenvalue weighted by molar-refractivity contribution is 0.226. The molecule has 1 fully saturated rings. The van der Waals surface area contributed by atoms with E-state index in [0.717, 1.165) is 19.3 Å². The molecule has 0 radical (unpaired) electrons. The number of hydrogen-bond acceptors (Lipinski definition) is 4. The van der Waals surface area contributed by atoms with Crippen molar-refractivity contribution in [1.82, 2.24) is 4.31 Å². The molecule has 2 unspecified atom stereocenters. The van der Waals surface area contributed by atoms with Gasteiger partial charge in [0.05, 0.1) is 7.11 Å². The molecule has 21 heavy (non-hydrogen) atoms. The van der Waals surface area contributed by atoms with Crippen molar-refractivity contribution in [2.24, 2.45) is 5.73 Å². The number of benzene rings is 1. The van der Waals surface area contributed by atoms with E-state index in [0.29, 0.717) is 17.3 Å². The summed E-state index contributed by atoms with van der Waals surface area (Å²) in [6.07, 6.45) is 2.61. The number of ether oxygens (including phenoxy) is 1. The van der Waals surface area contributed by atoms with Gasteiger partial charge in [-0.15, -0.1) is 0 Å². The van der Waals surface area contributed by atoms with E-state index in [9.17, 15) is 8.42 Å². The lowest BCUT2D eigenvalue weighted by Crippen LogP contribution is -2.51. The number of hydrogen-bond donors (Lipinski definition) is 1. The minimum Gasteiger partial charge on any atom is -0.495 e. The van der Waals surface area contributed by atoms with Gasteiger partial charge < -0.3 is 10.5 Å². The monoisotopic (exact) mass is 332 g/mol. The smallest absolute Gasteiger partial charge is 0.247 e. The van der Waals surface area contributed by atoms with Gasteiger partial charge in [0.15, 0.2) is 0 Å². The molecule has 118 valence electrons. The van der Waals surface area contributed by atoms with Crippen molar-refractivity contribution in [3.8, 4) is 5.75 Å². The molecule has 1 aromatic carbocycles. The van der Waals surface area contributed by atoms with Crippen LogP contribution in [0, 0.1) is 0 Å². The van der Waals surface area contributed by atoms with E-state index in [1.54, 1.807) is 12.1 Å². The molecule has 5 nitrogen and oxygen atoms in total. The zero-order valence-electron chi connectivity index (χ0n) is 12.3. The van der Waals surface area contributed by atoms with E-state index in [1.807, 2.05) is 6.92 Å². The Hall–Kier alpha value is -0.820. The van der Waals surface area contributed by atoms with Crippen LogP contribution in [0.2, 0.25) is 5.02 Å². The summed E-state index contributed by atoms with van der Waals surface area (Å²) in [5.74, 6) is 0.299. The van der Waals surface area contributed by atoms with Crippen molar-refractivity contribution in [2.75, 3.05) is 13.7 Å². The highest BCUT2D eigenvalue weighted by atomic mass is 35.5. The molecular weight excluding hydrogens is 312 g/mol. The zero-order chi connectivity index (χ0) is 15.6. The van der Waals surface area contributed by atoms with Crippen LogP contribution in [-0.2, 0) is 10.0 Å². The number of sulfonamides is 1. The number of nitrogens with two attached hydrogens (primary N) is 1. The molecule has 1 aliphatic heterocycles. The van der Waals surface area contributed by atoms with Gasteiger partial charge in [-0.2, -0.15) is 4.31 Å². The second-order valence-electron chi connectivity index (χ2n) is 5.33. The molecule has 0 amide bonds. The zero-order valence-corrected chi connectivity index (χ0v) is 13.8. The molecule has 0 bridgehead atoms. The summed E-state index contributed by atoms with van der Waals surface area (Å²) in [7, 11) is -2.23. The molecular formula is C14H21ClN2O3S. The molecule has 0 saturated carbocycles. The lowest BCUT2D eigenvalue weighted by Gasteiger charge is -2.37. The van der Waals surface area contributed by atoms with E-state index in [2.05, 4.69) is 0 Å². The Kier molecular flexibility index (Phi) is 5.14. The molecule has 0 aliphatic carbocycles. The van der Waals surface area contributed by atoms with Gasteiger partial charge in [-0.3, -0.25) is 0 Å². The van der Waals surface area contributed by atoms with Gasteiger partial charge in [0, 0.05) is 23.7 Å². The Morgan fingerprint density at radius 3 is 2.76 bits per heavy atom. The van der Waals surface area contributed by atoms with Gasteiger partial charge >= 0.3 is 0 Å². The van der Waals surface area contributed by atoms with Crippen LogP contribution in [0.1, 0.15) is 26.2 Å². The van der Waals surface area contributed by atoms with Gasteiger partial charge in [-0.05, 0) is 38.0 Å². The van der Waals surface area contributed by atoms with E-state index >= 15 is 0 Å². The fourth-order valence-corrected chi connectivity index (χ4v) is 4.93. The van der Waals surface area contributed by atoms with Crippen LogP contribution in [0.15, 0.2) is 23.1 Å². The highest BCUT2D eigenvalue weighted by Gasteiger charge is 2.36. The van der Waals surface area contributed by atoms with Gasteiger partial charge in [-0.25, -0.2) is 8.42 Å². The van der Waals surface area contributed by atoms with Gasteiger partial charge in [0.25, 0.3) is 0 Å². The Labute approximate surface area is 131 Å². The predicted octanol–water partition coefficient (Wildman–Crippen LogP) is 2.24. The molecule has 2 N–H and O–H groups in total. The number of halogens is 1. The number of nitrogens with zero attached hydrogens (tertiary/aromatic N) is 1. The SMILES string of the molecule is COc1ccc(Cl)cc1S(=O)(=O)N1CCCCC1C(C)N. The maximum Gasteiger partial charge on any atom is 0.247 e. The second kappa shape index (κ2) is 6.52. The van der Waals surface area contributed by atoms with Crippen molar-refractivity contribution in [1.29, 1.82) is 0 Å². The number of piperidine rings is 1. The third-order valence-electron chi connectivity index (χ3n) is 3.82. The molecule has 1 aromatic rings. The van der Waals surface area contributed by atoms with Crippen molar-refractivity contribution in [3.05, 3.63) is 23.2 Å². The molecule has 1 saturated heterocycles. The Bertz CT molecular complexity index is 604. The fourth-order valence-electron chi connectivity index (χ4n) is 2.73. The third-order valence-corrected chi connectivity index (χ3v) is 6.00. The van der Waals surface area contributed by atoms with Crippen LogP contribution >= 0.6 is 11.6 Å². The van der Waals surface area contributed by atoms with E-state index in [-0.39, 0.29) is 17.0 Å². The topological polar surface area (TPSA) is 72.6 Å². The summed E-state index contributed by atoms with van der Waals surface area (Å²) in [5.41, 5.74) is 5.97. The maximum atomic E-state index is 13.0. The van der Waals surface area contributed by atoms with Crippen LogP contribution < -0.4 is 10.5 Å². The first kappa shape index (κ1) is 16.5. The predicted molar refractivity (Wildman–Crippen MR) is 83.2 cm³/mol. The van der Waals surface area contributed by atoms with Crippen molar-refractivity contribution in [3.63, 3.8) is 0 Å². The van der Waals surface area contributed by atoms with Gasteiger partial charge in [0.2, 0.25) is 10.0 Å². The second-order valence-corrected chi connectivity index (χ2v) is 7.63. The Balaban J connectivity index is 2.47. The quantitative estimate of drug-likeness (QED) is 0.917. The lowest BCUT2D eigenvalue weighted by atomic mass is 10.00. The molecule has 1 heterocycles. The van der Waals surface area contributed by atoms with Crippen molar-refractivity contribution in [2.45, 2.75) is 43.2 Å². The normalized spacial score (nSPS) is 22.0. The minimum atomic E-state index is -3.68. The number of methoxy groups -OCH3 is 1. The van der Waals surface area contributed by atoms with Crippen LogP contribution in [0.4, 0.5) is 0 Å². The minimum absolute atomic E-state index is 0.102. The summed E-state index contributed by atoms with van der Waals surface area (Å²) in [5, 5.41) is 0.365. The number of rotatable bonds is 4. The third kappa shape index (κ3) is 3.34. The van der Waals surface area contributed by atoms with Crippen LogP contribution in [0.25, 0.3) is 0 Å². The summed E-state index contributed by atoms with van der Waals surface area (Å²) in [6, 6.07) is 4.21. The highest BCUT2D eigenvalue weighted by Crippen LogP contribution is 2.33. The largest absolute Gasteiger partial charge is 0.495 e. The maximum absolute atomic E-state index is 13.0. The molecule has 7 heteroatoms. The van der Waals surface area contributed by atoms with E-state index in [1.165, 1.54) is 17.5 Å². The van der Waals surface area contributed by atoms with Gasteiger partial charge in [-0.1, -0.05) is 18.0 Å². The summed E-state index contributed by atoms with van der Waals surface area (Å²) in [6.45, 7) is 2.32. The average Bonchev–Trinajstić information content (AvgIpc) is 2.47. The molecule has 2 rings (SSSR count). The first-order chi connectivity index (χ1) is 9.87. The van der Waals surface area contributed by atoms with Crippen molar-refractivity contribution < 1.29 is 13.2 Å². The average molecular weight is 333 g/mol. The summed E-state index contributed by atoms with van der Waals surface area (Å²) < 4.78 is 32.6. The Morgan fingerprint density at radius 2 is 2.14 bits per heavy atom. The van der Waals surface area contributed by atoms with Crippen LogP contribution in [-0.4, -0.2) is 38.5 Å². The van der Waals surface area contributed by atoms with Crippen molar-refractivity contribution >= 4 is 21.6 Å². The molecule has 2 atom stereocenters. The highest BCUT2D eigenvalue weighted by molar-refractivity contribution is 7.89. The van der Waals surface area contributed by atoms with E-state index < -0.39 is 10.0 Å². The van der Waals surface area contributed by atoms with E-state index in [4.69, 9.17) is 22.1 Å². The standard InChI is InChI=1S/C14H21ClN2O3S/c1-10(16)12-5-3-4-8-17(12)21(18,19)14-9-11(15)6-7-13(14)20-2/h6-7,9-10,12H,3-5,8,16H2,1-2H3. The fraction of sp³-hybridized carbons (Fsp3) is 0.571. The molecule has 0 spiro atoms. The first-order valence-electron chi connectivity index (χ1n) is 6.99. The van der Waals surface area contributed by atoms with Crippen LogP contribution in [0.3, 0.4) is 0 Å².